The summed E-state index contributed by atoms with van der Waals surface area (Å²) in [6, 6.07) is 12.1. The van der Waals surface area contributed by atoms with Gasteiger partial charge in [0.1, 0.15) is 0 Å². The molecule has 0 aromatic heterocycles. The topological polar surface area (TPSA) is 49.8 Å². The SMILES string of the molecule is C/C(N)=C(\C#N)[Se]c1ccccc1. The van der Waals surface area contributed by atoms with Crippen LogP contribution in [0.1, 0.15) is 6.92 Å². The number of nitrogens with two attached hydrogens (primary N) is 1. The van der Waals surface area contributed by atoms with Crippen LogP contribution < -0.4 is 10.2 Å². The van der Waals surface area contributed by atoms with Gasteiger partial charge in [0.2, 0.25) is 0 Å². The first-order valence-electron chi connectivity index (χ1n) is 3.83. The van der Waals surface area contributed by atoms with Gasteiger partial charge >= 0.3 is 83.9 Å². The monoisotopic (exact) mass is 238 g/mol. The molecule has 3 heteroatoms. The van der Waals surface area contributed by atoms with Gasteiger partial charge in [-0.3, -0.25) is 0 Å². The first-order valence-corrected chi connectivity index (χ1v) is 5.54. The van der Waals surface area contributed by atoms with Gasteiger partial charge < -0.3 is 0 Å². The molecular formula is C10H10N2Se. The molecule has 0 unspecified atom stereocenters. The zero-order valence-electron chi connectivity index (χ0n) is 7.32. The molecule has 0 heterocycles. The van der Waals surface area contributed by atoms with Gasteiger partial charge in [-0.05, 0) is 0 Å². The predicted octanol–water partition coefficient (Wildman–Crippen LogP) is 0.730. The molecule has 0 radical (unpaired) electrons. The molecule has 0 bridgehead atoms. The Morgan fingerprint density at radius 1 is 1.38 bits per heavy atom. The number of nitriles is 1. The predicted molar refractivity (Wildman–Crippen MR) is 54.3 cm³/mol. The Bertz CT molecular complexity index is 345. The molecule has 0 aliphatic rings. The van der Waals surface area contributed by atoms with E-state index in [-0.39, 0.29) is 15.0 Å². The molecule has 0 saturated carbocycles. The maximum absolute atomic E-state index is 8.79. The van der Waals surface area contributed by atoms with E-state index in [4.69, 9.17) is 11.0 Å². The van der Waals surface area contributed by atoms with Crippen molar-refractivity contribution < 1.29 is 0 Å². The van der Waals surface area contributed by atoms with E-state index in [9.17, 15) is 0 Å². The molecule has 0 aliphatic heterocycles. The Hall–Kier alpha value is -1.23. The molecular weight excluding hydrogens is 227 g/mol. The molecule has 0 spiro atoms. The molecule has 1 aromatic rings. The summed E-state index contributed by atoms with van der Waals surface area (Å²) in [5.41, 5.74) is 6.20. The van der Waals surface area contributed by atoms with Gasteiger partial charge in [0.25, 0.3) is 0 Å². The van der Waals surface area contributed by atoms with E-state index < -0.39 is 0 Å². The molecule has 2 nitrogen and oxygen atoms in total. The number of rotatable bonds is 2. The minimum atomic E-state index is 0.0504. The van der Waals surface area contributed by atoms with Gasteiger partial charge in [-0.15, -0.1) is 0 Å². The molecule has 0 fully saturated rings. The number of hydrogen-bond donors (Lipinski definition) is 1. The van der Waals surface area contributed by atoms with Crippen LogP contribution in [0.5, 0.6) is 0 Å². The fourth-order valence-corrected chi connectivity index (χ4v) is 2.34. The quantitative estimate of drug-likeness (QED) is 0.609. The summed E-state index contributed by atoms with van der Waals surface area (Å²) in [4.78, 5) is 0. The number of hydrogen-bond acceptors (Lipinski definition) is 2. The van der Waals surface area contributed by atoms with Crippen molar-refractivity contribution in [1.29, 1.82) is 5.26 Å². The van der Waals surface area contributed by atoms with Crippen LogP contribution in [0.15, 0.2) is 40.5 Å². The van der Waals surface area contributed by atoms with Crippen molar-refractivity contribution in [2.45, 2.75) is 6.92 Å². The Morgan fingerprint density at radius 3 is 2.46 bits per heavy atom. The summed E-state index contributed by atoms with van der Waals surface area (Å²) in [7, 11) is 0. The molecule has 1 rings (SSSR count). The van der Waals surface area contributed by atoms with E-state index in [2.05, 4.69) is 6.07 Å². The van der Waals surface area contributed by atoms with E-state index >= 15 is 0 Å². The van der Waals surface area contributed by atoms with Gasteiger partial charge in [0.15, 0.2) is 0 Å². The normalized spacial score (nSPS) is 11.7. The van der Waals surface area contributed by atoms with Crippen molar-refractivity contribution >= 4 is 19.4 Å². The Balaban J connectivity index is 2.82. The Morgan fingerprint density at radius 2 is 2.00 bits per heavy atom. The zero-order valence-corrected chi connectivity index (χ0v) is 9.03. The fraction of sp³-hybridized carbons (Fsp3) is 0.100. The van der Waals surface area contributed by atoms with E-state index in [1.807, 2.05) is 30.3 Å². The third kappa shape index (κ3) is 2.95. The van der Waals surface area contributed by atoms with E-state index in [0.717, 1.165) is 0 Å². The number of benzene rings is 1. The summed E-state index contributed by atoms with van der Waals surface area (Å²) in [5, 5.41) is 8.79. The fourth-order valence-electron chi connectivity index (χ4n) is 0.798. The molecule has 2 N–H and O–H groups in total. The van der Waals surface area contributed by atoms with Crippen LogP contribution >= 0.6 is 0 Å². The third-order valence-corrected chi connectivity index (χ3v) is 3.78. The second-order valence-electron chi connectivity index (χ2n) is 2.54. The summed E-state index contributed by atoms with van der Waals surface area (Å²) in [6.45, 7) is 1.77. The molecule has 66 valence electrons. The van der Waals surface area contributed by atoms with Gasteiger partial charge in [0.05, 0.1) is 0 Å². The molecule has 0 atom stereocenters. The van der Waals surface area contributed by atoms with Crippen LogP contribution in [0.4, 0.5) is 0 Å². The van der Waals surface area contributed by atoms with Crippen LogP contribution in [-0.2, 0) is 0 Å². The van der Waals surface area contributed by atoms with Crippen LogP contribution in [0.2, 0.25) is 0 Å². The standard InChI is InChI=1S/C10H10N2Se/c1-8(12)10(7-11)13-9-5-3-2-4-6-9/h2-6H,12H2,1H3/b10-8-. The Labute approximate surface area is 84.2 Å². The molecule has 1 aromatic carbocycles. The van der Waals surface area contributed by atoms with Crippen molar-refractivity contribution in [2.75, 3.05) is 0 Å². The summed E-state index contributed by atoms with van der Waals surface area (Å²) >= 11 is 0.0504. The number of nitrogens with zero attached hydrogens (tertiary/aromatic N) is 1. The maximum atomic E-state index is 8.79. The van der Waals surface area contributed by atoms with Crippen molar-refractivity contribution in [3.63, 3.8) is 0 Å². The van der Waals surface area contributed by atoms with Crippen molar-refractivity contribution in [1.82, 2.24) is 0 Å². The van der Waals surface area contributed by atoms with Gasteiger partial charge in [-0.1, -0.05) is 0 Å². The van der Waals surface area contributed by atoms with Crippen LogP contribution in [0.3, 0.4) is 0 Å². The van der Waals surface area contributed by atoms with Crippen molar-refractivity contribution in [3.05, 3.63) is 40.5 Å². The summed E-state index contributed by atoms with van der Waals surface area (Å²) in [5.74, 6) is 0. The average molecular weight is 237 g/mol. The van der Waals surface area contributed by atoms with Crippen LogP contribution in [0, 0.1) is 11.3 Å². The van der Waals surface area contributed by atoms with Gasteiger partial charge in [-0.2, -0.15) is 0 Å². The second kappa shape index (κ2) is 4.71. The summed E-state index contributed by atoms with van der Waals surface area (Å²) < 4.78 is 1.88. The zero-order chi connectivity index (χ0) is 9.68. The number of allylic oxidation sites excluding steroid dienone is 2. The molecule has 0 amide bonds. The third-order valence-electron chi connectivity index (χ3n) is 1.42. The van der Waals surface area contributed by atoms with E-state index in [1.165, 1.54) is 4.46 Å². The first kappa shape index (κ1) is 9.85. The summed E-state index contributed by atoms with van der Waals surface area (Å²) in [6.07, 6.45) is 0. The molecule has 0 aliphatic carbocycles. The molecule has 13 heavy (non-hydrogen) atoms. The average Bonchev–Trinajstić information content (AvgIpc) is 2.15. The van der Waals surface area contributed by atoms with Gasteiger partial charge in [-0.25, -0.2) is 0 Å². The van der Waals surface area contributed by atoms with E-state index in [0.29, 0.717) is 10.2 Å². The Kier molecular flexibility index (Phi) is 3.57. The van der Waals surface area contributed by atoms with Crippen molar-refractivity contribution in [2.24, 2.45) is 5.73 Å². The second-order valence-corrected chi connectivity index (χ2v) is 4.81. The van der Waals surface area contributed by atoms with Gasteiger partial charge in [0, 0.05) is 0 Å². The minimum absolute atomic E-state index is 0.0504. The van der Waals surface area contributed by atoms with Crippen LogP contribution in [0.25, 0.3) is 0 Å². The first-order chi connectivity index (χ1) is 6.24. The molecule has 0 saturated heterocycles. The van der Waals surface area contributed by atoms with Crippen molar-refractivity contribution in [3.8, 4) is 6.07 Å². The van der Waals surface area contributed by atoms with E-state index in [1.54, 1.807) is 6.92 Å². The van der Waals surface area contributed by atoms with Crippen LogP contribution in [-0.4, -0.2) is 15.0 Å².